The third kappa shape index (κ3) is 4.48. The average molecular weight is 696 g/mol. The molecule has 1 heteroatoms. The minimum absolute atomic E-state index is 1.16. The van der Waals surface area contributed by atoms with Gasteiger partial charge in [-0.1, -0.05) is 140 Å². The van der Waals surface area contributed by atoms with Crippen molar-refractivity contribution in [2.24, 2.45) is 0 Å². The molecule has 254 valence electrons. The van der Waals surface area contributed by atoms with Gasteiger partial charge in [0.1, 0.15) is 0 Å². The van der Waals surface area contributed by atoms with E-state index in [4.69, 9.17) is 0 Å². The molecule has 0 unspecified atom stereocenters. The van der Waals surface area contributed by atoms with Gasteiger partial charge in [0.2, 0.25) is 0 Å². The lowest BCUT2D eigenvalue weighted by Crippen LogP contribution is -1.95. The summed E-state index contributed by atoms with van der Waals surface area (Å²) >= 11 is 0. The third-order valence-electron chi connectivity index (χ3n) is 11.8. The Morgan fingerprint density at radius 3 is 1.15 bits per heavy atom. The lowest BCUT2D eigenvalue weighted by molar-refractivity contribution is 1.18. The zero-order valence-electron chi connectivity index (χ0n) is 30.0. The van der Waals surface area contributed by atoms with Crippen molar-refractivity contribution in [1.29, 1.82) is 0 Å². The van der Waals surface area contributed by atoms with Crippen molar-refractivity contribution >= 4 is 65.6 Å². The second-order valence-corrected chi connectivity index (χ2v) is 14.9. The number of allylic oxidation sites excluding steroid dienone is 2. The summed E-state index contributed by atoms with van der Waals surface area (Å²) in [5, 5.41) is 7.55. The normalized spacial score (nSPS) is 13.3. The summed E-state index contributed by atoms with van der Waals surface area (Å²) in [5.74, 6) is 0. The van der Waals surface area contributed by atoms with Gasteiger partial charge in [-0.05, 0) is 149 Å². The molecule has 10 aromatic rings. The van der Waals surface area contributed by atoms with Gasteiger partial charge in [0.25, 0.3) is 0 Å². The third-order valence-corrected chi connectivity index (χ3v) is 11.8. The average Bonchev–Trinajstić information content (AvgIpc) is 3.87. The van der Waals surface area contributed by atoms with E-state index in [0.29, 0.717) is 0 Å². The number of hydrogen-bond donors (Lipinski definition) is 0. The summed E-state index contributed by atoms with van der Waals surface area (Å²) in [6.07, 6.45) is 0. The topological polar surface area (TPSA) is 4.93 Å². The van der Waals surface area contributed by atoms with Crippen LogP contribution in [0.15, 0.2) is 200 Å². The van der Waals surface area contributed by atoms with E-state index in [1.807, 2.05) is 0 Å². The Bertz CT molecular complexity index is 3270. The predicted molar refractivity (Wildman–Crippen MR) is 232 cm³/mol. The molecule has 9 aromatic carbocycles. The van der Waals surface area contributed by atoms with Crippen LogP contribution in [0.4, 0.5) is 0 Å². The quantitative estimate of drug-likeness (QED) is 0.173. The molecular weight excluding hydrogens is 663 g/mol. The first-order chi connectivity index (χ1) is 27.3. The fourth-order valence-corrected chi connectivity index (χ4v) is 9.41. The molecule has 0 fully saturated rings. The van der Waals surface area contributed by atoms with Gasteiger partial charge >= 0.3 is 0 Å². The highest BCUT2D eigenvalue weighted by Crippen LogP contribution is 2.59. The Labute approximate surface area is 319 Å². The molecule has 0 N–H and O–H groups in total. The van der Waals surface area contributed by atoms with Crippen LogP contribution in [0.1, 0.15) is 33.4 Å². The van der Waals surface area contributed by atoms with E-state index in [0.717, 1.165) is 5.69 Å². The van der Waals surface area contributed by atoms with Crippen molar-refractivity contribution in [1.82, 2.24) is 4.57 Å². The number of benzene rings is 9. The van der Waals surface area contributed by atoms with Crippen LogP contribution in [0.2, 0.25) is 0 Å². The molecule has 12 rings (SSSR count). The molecule has 1 nitrogen and oxygen atoms in total. The van der Waals surface area contributed by atoms with E-state index in [-0.39, 0.29) is 0 Å². The Kier molecular flexibility index (Phi) is 6.40. The molecule has 0 spiro atoms. The Morgan fingerprint density at radius 1 is 0.255 bits per heavy atom. The summed E-state index contributed by atoms with van der Waals surface area (Å²) < 4.78 is 2.42. The fraction of sp³-hybridized carbons (Fsp3) is 0. The zero-order valence-corrected chi connectivity index (χ0v) is 30.0. The number of aromatic nitrogens is 1. The van der Waals surface area contributed by atoms with Gasteiger partial charge in [-0.2, -0.15) is 0 Å². The molecule has 55 heavy (non-hydrogen) atoms. The zero-order chi connectivity index (χ0) is 36.0. The predicted octanol–water partition coefficient (Wildman–Crippen LogP) is 14.0. The van der Waals surface area contributed by atoms with Crippen molar-refractivity contribution in [2.45, 2.75) is 0 Å². The number of rotatable bonds is 4. The molecule has 0 bridgehead atoms. The maximum absolute atomic E-state index is 2.47. The Balaban J connectivity index is 1.21. The SMILES string of the molecule is c1ccc(C2=C3C(=C(c4ccc5c(c4)c4cc(-c6ccccc6)ccc4n5-c4ccccc4)c4cc5ccccc5cc43)c3cc4ccccc4cc32)cc1. The number of para-hydroxylation sites is 1. The largest absolute Gasteiger partial charge is 0.309 e. The lowest BCUT2D eigenvalue weighted by atomic mass is 9.89. The monoisotopic (exact) mass is 695 g/mol. The van der Waals surface area contributed by atoms with Crippen LogP contribution in [0.3, 0.4) is 0 Å². The fourth-order valence-electron chi connectivity index (χ4n) is 9.41. The lowest BCUT2D eigenvalue weighted by Gasteiger charge is -2.14. The standard InChI is InChI=1S/C54H33N/c1-4-14-34(15-5-1)40-24-26-49-43(28-40)44-33-41(25-27-50(44)55(49)42-22-8-3-9-23-42)52-46-30-37-19-11-13-21-39(37)32-48(46)53-51(35-16-6-2-7-17-35)45-29-36-18-10-12-20-38(36)31-47(45)54(52)53/h1-33H. The highest BCUT2D eigenvalue weighted by molar-refractivity contribution is 6.36. The first kappa shape index (κ1) is 30.3. The van der Waals surface area contributed by atoms with Crippen LogP contribution in [0.5, 0.6) is 0 Å². The molecule has 0 saturated carbocycles. The van der Waals surface area contributed by atoms with Crippen molar-refractivity contribution < 1.29 is 0 Å². The molecule has 0 amide bonds. The molecule has 2 aliphatic rings. The Hall–Kier alpha value is -7.22. The van der Waals surface area contributed by atoms with E-state index in [2.05, 4.69) is 205 Å². The van der Waals surface area contributed by atoms with Crippen molar-refractivity contribution in [3.05, 3.63) is 234 Å². The maximum Gasteiger partial charge on any atom is 0.0541 e. The molecular formula is C54H33N. The summed E-state index contributed by atoms with van der Waals surface area (Å²) in [5.41, 5.74) is 19.0. The minimum atomic E-state index is 1.16. The van der Waals surface area contributed by atoms with E-state index >= 15 is 0 Å². The summed E-state index contributed by atoms with van der Waals surface area (Å²) in [6, 6.07) is 74.0. The molecule has 1 heterocycles. The van der Waals surface area contributed by atoms with Gasteiger partial charge in [-0.3, -0.25) is 0 Å². The van der Waals surface area contributed by atoms with E-state index in [9.17, 15) is 0 Å². The van der Waals surface area contributed by atoms with Crippen LogP contribution in [-0.4, -0.2) is 4.57 Å². The van der Waals surface area contributed by atoms with Gasteiger partial charge < -0.3 is 4.57 Å². The maximum atomic E-state index is 2.47. The Morgan fingerprint density at radius 2 is 0.636 bits per heavy atom. The van der Waals surface area contributed by atoms with E-state index < -0.39 is 0 Å². The number of nitrogens with zero attached hydrogens (tertiary/aromatic N) is 1. The number of fused-ring (bicyclic) bond motifs is 10. The second kappa shape index (κ2) is 11.6. The van der Waals surface area contributed by atoms with Gasteiger partial charge in [-0.15, -0.1) is 0 Å². The van der Waals surface area contributed by atoms with Crippen LogP contribution < -0.4 is 0 Å². The van der Waals surface area contributed by atoms with Crippen molar-refractivity contribution in [3.63, 3.8) is 0 Å². The summed E-state index contributed by atoms with van der Waals surface area (Å²) in [4.78, 5) is 0. The second-order valence-electron chi connectivity index (χ2n) is 14.9. The molecule has 0 aliphatic heterocycles. The summed E-state index contributed by atoms with van der Waals surface area (Å²) in [7, 11) is 0. The van der Waals surface area contributed by atoms with Gasteiger partial charge in [0.05, 0.1) is 11.0 Å². The highest BCUT2D eigenvalue weighted by atomic mass is 15.0. The molecule has 1 aromatic heterocycles. The van der Waals surface area contributed by atoms with Gasteiger partial charge in [0, 0.05) is 16.5 Å². The molecule has 0 saturated heterocycles. The van der Waals surface area contributed by atoms with Crippen LogP contribution in [0, 0.1) is 0 Å². The van der Waals surface area contributed by atoms with E-state index in [1.54, 1.807) is 0 Å². The number of hydrogen-bond acceptors (Lipinski definition) is 0. The van der Waals surface area contributed by atoms with E-state index in [1.165, 1.54) is 110 Å². The molecule has 0 atom stereocenters. The highest BCUT2D eigenvalue weighted by Gasteiger charge is 2.38. The molecule has 2 aliphatic carbocycles. The summed E-state index contributed by atoms with van der Waals surface area (Å²) in [6.45, 7) is 0. The van der Waals surface area contributed by atoms with Crippen molar-refractivity contribution in [3.8, 4) is 16.8 Å². The molecule has 0 radical (unpaired) electrons. The van der Waals surface area contributed by atoms with Crippen LogP contribution in [0.25, 0.3) is 82.5 Å². The first-order valence-electron chi connectivity index (χ1n) is 19.1. The smallest absolute Gasteiger partial charge is 0.0541 e. The van der Waals surface area contributed by atoms with Gasteiger partial charge in [0.15, 0.2) is 0 Å². The first-order valence-corrected chi connectivity index (χ1v) is 19.1. The minimum Gasteiger partial charge on any atom is -0.309 e. The van der Waals surface area contributed by atoms with Gasteiger partial charge in [-0.25, -0.2) is 0 Å². The van der Waals surface area contributed by atoms with Crippen LogP contribution in [-0.2, 0) is 0 Å². The van der Waals surface area contributed by atoms with Crippen LogP contribution >= 0.6 is 0 Å². The van der Waals surface area contributed by atoms with Crippen molar-refractivity contribution in [2.75, 3.05) is 0 Å².